The number of nitrogens with one attached hydrogen (secondary N) is 1. The highest BCUT2D eigenvalue weighted by Gasteiger charge is 2.28. The minimum atomic E-state index is 0.388. The van der Waals surface area contributed by atoms with Crippen molar-refractivity contribution in [1.82, 2.24) is 10.2 Å². The molecule has 0 aromatic carbocycles. The molecule has 0 bridgehead atoms. The van der Waals surface area contributed by atoms with Gasteiger partial charge in [-0.05, 0) is 57.0 Å². The molecule has 3 rings (SSSR count). The lowest BCUT2D eigenvalue weighted by molar-refractivity contribution is -0.140. The summed E-state index contributed by atoms with van der Waals surface area (Å²) in [6.45, 7) is 9.18. The summed E-state index contributed by atoms with van der Waals surface area (Å²) in [5.74, 6) is 2.72. The molecule has 2 heterocycles. The summed E-state index contributed by atoms with van der Waals surface area (Å²) in [7, 11) is 0. The minimum absolute atomic E-state index is 0.388. The van der Waals surface area contributed by atoms with E-state index in [9.17, 15) is 4.79 Å². The monoisotopic (exact) mass is 294 g/mol. The second-order valence-corrected chi connectivity index (χ2v) is 7.35. The van der Waals surface area contributed by atoms with Crippen molar-refractivity contribution in [3.8, 4) is 0 Å². The van der Waals surface area contributed by atoms with Crippen molar-refractivity contribution in [2.45, 2.75) is 65.2 Å². The molecule has 3 fully saturated rings. The van der Waals surface area contributed by atoms with Gasteiger partial charge in [0.05, 0.1) is 0 Å². The van der Waals surface area contributed by atoms with E-state index in [0.717, 1.165) is 37.8 Å². The average molecular weight is 294 g/mol. The maximum Gasteiger partial charge on any atom is 0.225 e. The Hall–Kier alpha value is -0.570. The zero-order valence-electron chi connectivity index (χ0n) is 14.1. The Kier molecular flexibility index (Phi) is 7.01. The lowest BCUT2D eigenvalue weighted by Gasteiger charge is -2.35. The van der Waals surface area contributed by atoms with E-state index in [-0.39, 0.29) is 0 Å². The van der Waals surface area contributed by atoms with Gasteiger partial charge in [0, 0.05) is 19.0 Å². The number of nitrogens with zero attached hydrogens (tertiary/aromatic N) is 1. The molecule has 122 valence electrons. The molecule has 1 amide bonds. The number of likely N-dealkylation sites (tertiary alicyclic amines) is 1. The maximum atomic E-state index is 11.7. The van der Waals surface area contributed by atoms with Crippen molar-refractivity contribution in [3.05, 3.63) is 0 Å². The second kappa shape index (κ2) is 8.77. The van der Waals surface area contributed by atoms with Crippen LogP contribution in [0, 0.1) is 17.8 Å². The molecular formula is C18H34N2O. The first-order valence-electron chi connectivity index (χ1n) is 9.18. The molecule has 1 saturated carbocycles. The predicted molar refractivity (Wildman–Crippen MR) is 88.2 cm³/mol. The summed E-state index contributed by atoms with van der Waals surface area (Å²) >= 11 is 0. The van der Waals surface area contributed by atoms with Gasteiger partial charge in [-0.2, -0.15) is 0 Å². The highest BCUT2D eigenvalue weighted by atomic mass is 16.2. The van der Waals surface area contributed by atoms with Gasteiger partial charge in [0.1, 0.15) is 0 Å². The van der Waals surface area contributed by atoms with Gasteiger partial charge in [-0.15, -0.1) is 0 Å². The molecule has 0 aromatic rings. The van der Waals surface area contributed by atoms with Crippen molar-refractivity contribution in [2.24, 2.45) is 17.8 Å². The highest BCUT2D eigenvalue weighted by Crippen LogP contribution is 2.26. The van der Waals surface area contributed by atoms with Crippen LogP contribution in [0.5, 0.6) is 0 Å². The SMILES string of the molecule is CC(C)C1CCNCC1.O=C(C1CCCCC1)N1CCC1. The zero-order chi connectivity index (χ0) is 15.1. The van der Waals surface area contributed by atoms with Crippen LogP contribution in [0.1, 0.15) is 65.2 Å². The Labute approximate surface area is 130 Å². The number of hydrogen-bond donors (Lipinski definition) is 1. The molecule has 1 aliphatic carbocycles. The molecule has 1 N–H and O–H groups in total. The van der Waals surface area contributed by atoms with Crippen LogP contribution < -0.4 is 5.32 Å². The summed E-state index contributed by atoms with van der Waals surface area (Å²) in [5.41, 5.74) is 0. The van der Waals surface area contributed by atoms with E-state index in [1.165, 1.54) is 51.6 Å². The minimum Gasteiger partial charge on any atom is -0.342 e. The Morgan fingerprint density at radius 1 is 0.952 bits per heavy atom. The van der Waals surface area contributed by atoms with E-state index in [1.807, 2.05) is 4.90 Å². The van der Waals surface area contributed by atoms with E-state index in [1.54, 1.807) is 0 Å². The second-order valence-electron chi connectivity index (χ2n) is 7.35. The zero-order valence-corrected chi connectivity index (χ0v) is 14.1. The first-order chi connectivity index (χ1) is 10.2. The first kappa shape index (κ1) is 16.8. The molecule has 3 nitrogen and oxygen atoms in total. The number of rotatable bonds is 2. The Morgan fingerprint density at radius 3 is 2.00 bits per heavy atom. The number of hydrogen-bond acceptors (Lipinski definition) is 2. The topological polar surface area (TPSA) is 32.3 Å². The molecule has 2 saturated heterocycles. The highest BCUT2D eigenvalue weighted by molar-refractivity contribution is 5.79. The van der Waals surface area contributed by atoms with Crippen molar-refractivity contribution in [2.75, 3.05) is 26.2 Å². The molecule has 3 heteroatoms. The number of piperidine rings is 1. The van der Waals surface area contributed by atoms with Gasteiger partial charge in [-0.3, -0.25) is 4.79 Å². The summed E-state index contributed by atoms with van der Waals surface area (Å²) in [4.78, 5) is 13.7. The molecule has 2 aliphatic heterocycles. The van der Waals surface area contributed by atoms with Gasteiger partial charge in [0.15, 0.2) is 0 Å². The third-order valence-corrected chi connectivity index (χ3v) is 5.45. The molecule has 0 radical (unpaired) electrons. The quantitative estimate of drug-likeness (QED) is 0.846. The fraction of sp³-hybridized carbons (Fsp3) is 0.944. The van der Waals surface area contributed by atoms with Crippen LogP contribution in [0.2, 0.25) is 0 Å². The fourth-order valence-corrected chi connectivity index (χ4v) is 3.66. The summed E-state index contributed by atoms with van der Waals surface area (Å²) in [6, 6.07) is 0. The average Bonchev–Trinajstić information content (AvgIpc) is 2.48. The first-order valence-corrected chi connectivity index (χ1v) is 9.18. The van der Waals surface area contributed by atoms with E-state index < -0.39 is 0 Å². The summed E-state index contributed by atoms with van der Waals surface area (Å²) in [5, 5.41) is 3.37. The van der Waals surface area contributed by atoms with Crippen molar-refractivity contribution >= 4 is 5.91 Å². The maximum absolute atomic E-state index is 11.7. The van der Waals surface area contributed by atoms with Gasteiger partial charge in [0.2, 0.25) is 5.91 Å². The van der Waals surface area contributed by atoms with Crippen LogP contribution in [-0.4, -0.2) is 37.0 Å². The molecule has 21 heavy (non-hydrogen) atoms. The fourth-order valence-electron chi connectivity index (χ4n) is 3.66. The van der Waals surface area contributed by atoms with Gasteiger partial charge >= 0.3 is 0 Å². The Morgan fingerprint density at radius 2 is 1.57 bits per heavy atom. The third-order valence-electron chi connectivity index (χ3n) is 5.45. The van der Waals surface area contributed by atoms with E-state index in [2.05, 4.69) is 19.2 Å². The van der Waals surface area contributed by atoms with Crippen LogP contribution in [0.4, 0.5) is 0 Å². The van der Waals surface area contributed by atoms with E-state index in [0.29, 0.717) is 11.8 Å². The van der Waals surface area contributed by atoms with Crippen LogP contribution in [-0.2, 0) is 4.79 Å². The number of carbonyl (C=O) groups is 1. The smallest absolute Gasteiger partial charge is 0.225 e. The lowest BCUT2D eigenvalue weighted by atomic mass is 9.87. The Bertz CT molecular complexity index is 300. The normalized spacial score (nSPS) is 24.2. The van der Waals surface area contributed by atoms with Gasteiger partial charge in [-0.1, -0.05) is 33.1 Å². The molecular weight excluding hydrogens is 260 g/mol. The standard InChI is InChI=1S/C10H17NO.C8H17N/c12-10(11-7-4-8-11)9-5-2-1-3-6-9;1-7(2)8-3-5-9-6-4-8/h9H,1-8H2;7-9H,3-6H2,1-2H3. The van der Waals surface area contributed by atoms with Gasteiger partial charge in [-0.25, -0.2) is 0 Å². The van der Waals surface area contributed by atoms with Gasteiger partial charge in [0.25, 0.3) is 0 Å². The van der Waals surface area contributed by atoms with Crippen molar-refractivity contribution < 1.29 is 4.79 Å². The van der Waals surface area contributed by atoms with Crippen LogP contribution >= 0.6 is 0 Å². The number of carbonyl (C=O) groups excluding carboxylic acids is 1. The third kappa shape index (κ3) is 5.28. The van der Waals surface area contributed by atoms with E-state index in [4.69, 9.17) is 0 Å². The molecule has 0 unspecified atom stereocenters. The molecule has 0 aromatic heterocycles. The molecule has 0 atom stereocenters. The predicted octanol–water partition coefficient (Wildman–Crippen LogP) is 3.44. The molecule has 0 spiro atoms. The van der Waals surface area contributed by atoms with Gasteiger partial charge < -0.3 is 10.2 Å². The van der Waals surface area contributed by atoms with Crippen LogP contribution in [0.15, 0.2) is 0 Å². The summed E-state index contributed by atoms with van der Waals surface area (Å²) < 4.78 is 0. The van der Waals surface area contributed by atoms with E-state index >= 15 is 0 Å². The number of amides is 1. The van der Waals surface area contributed by atoms with Crippen LogP contribution in [0.3, 0.4) is 0 Å². The Balaban J connectivity index is 0.000000161. The van der Waals surface area contributed by atoms with Crippen molar-refractivity contribution in [1.29, 1.82) is 0 Å². The summed E-state index contributed by atoms with van der Waals surface area (Å²) in [6.07, 6.45) is 10.2. The largest absolute Gasteiger partial charge is 0.342 e. The van der Waals surface area contributed by atoms with Crippen molar-refractivity contribution in [3.63, 3.8) is 0 Å². The van der Waals surface area contributed by atoms with Crippen LogP contribution in [0.25, 0.3) is 0 Å². The lowest BCUT2D eigenvalue weighted by Crippen LogP contribution is -2.45. The molecule has 3 aliphatic rings.